The Hall–Kier alpha value is -2.63. The van der Waals surface area contributed by atoms with Gasteiger partial charge in [-0.25, -0.2) is 9.89 Å². The molecule has 0 atom stereocenters. The summed E-state index contributed by atoms with van der Waals surface area (Å²) in [6, 6.07) is 9.95. The third-order valence-electron chi connectivity index (χ3n) is 2.90. The van der Waals surface area contributed by atoms with E-state index < -0.39 is 6.03 Å². The van der Waals surface area contributed by atoms with Gasteiger partial charge in [-0.2, -0.15) is 5.10 Å². The predicted octanol–water partition coefficient (Wildman–Crippen LogP) is 2.71. The standard InChI is InChI=1S/C15H18N4O2/c1-15(2,3)10-6-4-5-7-11(10)16-14(21)17-12-8-9-13(20)19-18-12/h4-9H,1-3H3,(H,19,20)(H2,16,17,18,21). The molecule has 3 N–H and O–H groups in total. The van der Waals surface area contributed by atoms with E-state index in [1.54, 1.807) is 0 Å². The van der Waals surface area contributed by atoms with Gasteiger partial charge in [-0.3, -0.25) is 10.1 Å². The maximum Gasteiger partial charge on any atom is 0.324 e. The monoisotopic (exact) mass is 286 g/mol. The number of para-hydroxylation sites is 1. The van der Waals surface area contributed by atoms with Gasteiger partial charge < -0.3 is 5.32 Å². The number of hydrogen-bond acceptors (Lipinski definition) is 3. The average molecular weight is 286 g/mol. The van der Waals surface area contributed by atoms with Crippen molar-refractivity contribution < 1.29 is 4.79 Å². The minimum absolute atomic E-state index is 0.0832. The molecule has 0 aliphatic carbocycles. The maximum atomic E-state index is 12.0. The number of nitrogens with one attached hydrogen (secondary N) is 3. The third-order valence-corrected chi connectivity index (χ3v) is 2.90. The van der Waals surface area contributed by atoms with Crippen LogP contribution in [0.2, 0.25) is 0 Å². The minimum atomic E-state index is -0.411. The molecule has 0 spiro atoms. The summed E-state index contributed by atoms with van der Waals surface area (Å²) in [7, 11) is 0. The molecule has 0 radical (unpaired) electrons. The fourth-order valence-corrected chi connectivity index (χ4v) is 1.93. The fourth-order valence-electron chi connectivity index (χ4n) is 1.93. The lowest BCUT2D eigenvalue weighted by molar-refractivity contribution is 0.262. The molecule has 1 heterocycles. The lowest BCUT2D eigenvalue weighted by Crippen LogP contribution is -2.24. The van der Waals surface area contributed by atoms with E-state index in [0.29, 0.717) is 0 Å². The van der Waals surface area contributed by atoms with Gasteiger partial charge in [0.05, 0.1) is 0 Å². The second kappa shape index (κ2) is 5.78. The number of rotatable bonds is 2. The van der Waals surface area contributed by atoms with Gasteiger partial charge in [0, 0.05) is 11.8 Å². The van der Waals surface area contributed by atoms with E-state index in [4.69, 9.17) is 0 Å². The van der Waals surface area contributed by atoms with Crippen LogP contribution in [0.4, 0.5) is 16.3 Å². The molecule has 0 saturated heterocycles. The highest BCUT2D eigenvalue weighted by Crippen LogP contribution is 2.29. The molecule has 0 unspecified atom stereocenters. The number of carbonyl (C=O) groups is 1. The van der Waals surface area contributed by atoms with E-state index in [1.807, 2.05) is 24.3 Å². The van der Waals surface area contributed by atoms with E-state index in [2.05, 4.69) is 41.6 Å². The number of hydrogen-bond donors (Lipinski definition) is 3. The summed E-state index contributed by atoms with van der Waals surface area (Å²) in [4.78, 5) is 22.9. The second-order valence-electron chi connectivity index (χ2n) is 5.68. The average Bonchev–Trinajstić information content (AvgIpc) is 2.41. The highest BCUT2D eigenvalue weighted by Gasteiger charge is 2.18. The van der Waals surface area contributed by atoms with Crippen LogP contribution < -0.4 is 16.2 Å². The Morgan fingerprint density at radius 2 is 1.81 bits per heavy atom. The Morgan fingerprint density at radius 3 is 2.43 bits per heavy atom. The van der Waals surface area contributed by atoms with Crippen LogP contribution in [-0.4, -0.2) is 16.2 Å². The normalized spacial score (nSPS) is 11.0. The molecular formula is C15H18N4O2. The van der Waals surface area contributed by atoms with Gasteiger partial charge in [-0.05, 0) is 23.1 Å². The van der Waals surface area contributed by atoms with Crippen LogP contribution in [0.25, 0.3) is 0 Å². The molecule has 0 fully saturated rings. The molecule has 21 heavy (non-hydrogen) atoms. The largest absolute Gasteiger partial charge is 0.324 e. The maximum absolute atomic E-state index is 12.0. The smallest absolute Gasteiger partial charge is 0.307 e. The number of H-pyrrole nitrogens is 1. The first-order valence-corrected chi connectivity index (χ1v) is 6.59. The molecule has 0 saturated carbocycles. The zero-order valence-electron chi connectivity index (χ0n) is 12.2. The minimum Gasteiger partial charge on any atom is -0.307 e. The van der Waals surface area contributed by atoms with Crippen molar-refractivity contribution in [2.24, 2.45) is 0 Å². The van der Waals surface area contributed by atoms with E-state index in [-0.39, 0.29) is 16.8 Å². The van der Waals surface area contributed by atoms with Crippen molar-refractivity contribution in [1.82, 2.24) is 10.2 Å². The number of nitrogens with zero attached hydrogens (tertiary/aromatic N) is 1. The summed E-state index contributed by atoms with van der Waals surface area (Å²) in [5, 5.41) is 11.3. The third kappa shape index (κ3) is 3.92. The number of amides is 2. The van der Waals surface area contributed by atoms with Crippen molar-refractivity contribution in [2.75, 3.05) is 10.6 Å². The van der Waals surface area contributed by atoms with Crippen LogP contribution in [-0.2, 0) is 5.41 Å². The molecule has 1 aromatic heterocycles. The van der Waals surface area contributed by atoms with Crippen LogP contribution in [0.3, 0.4) is 0 Å². The first-order valence-electron chi connectivity index (χ1n) is 6.59. The number of aromatic nitrogens is 2. The number of aromatic amines is 1. The molecule has 6 nitrogen and oxygen atoms in total. The van der Waals surface area contributed by atoms with Crippen LogP contribution in [0.1, 0.15) is 26.3 Å². The van der Waals surface area contributed by atoms with Crippen LogP contribution in [0, 0.1) is 0 Å². The second-order valence-corrected chi connectivity index (χ2v) is 5.68. The molecule has 0 aliphatic heterocycles. The van der Waals surface area contributed by atoms with E-state index in [1.165, 1.54) is 12.1 Å². The summed E-state index contributed by atoms with van der Waals surface area (Å²) in [5.41, 5.74) is 1.38. The lowest BCUT2D eigenvalue weighted by Gasteiger charge is -2.22. The van der Waals surface area contributed by atoms with Crippen molar-refractivity contribution >= 4 is 17.5 Å². The first-order chi connectivity index (χ1) is 9.86. The van der Waals surface area contributed by atoms with Gasteiger partial charge in [0.25, 0.3) is 5.56 Å². The number of benzene rings is 1. The molecular weight excluding hydrogens is 268 g/mol. The first kappa shape index (κ1) is 14.8. The fraction of sp³-hybridized carbons (Fsp3) is 0.267. The molecule has 2 aromatic rings. The van der Waals surface area contributed by atoms with Crippen LogP contribution in [0.15, 0.2) is 41.2 Å². The number of anilines is 2. The molecule has 0 aliphatic rings. The Morgan fingerprint density at radius 1 is 1.10 bits per heavy atom. The Kier molecular flexibility index (Phi) is 4.07. The molecule has 0 bridgehead atoms. The quantitative estimate of drug-likeness (QED) is 0.793. The van der Waals surface area contributed by atoms with Crippen molar-refractivity contribution in [1.29, 1.82) is 0 Å². The van der Waals surface area contributed by atoms with Crippen molar-refractivity contribution in [2.45, 2.75) is 26.2 Å². The zero-order valence-corrected chi connectivity index (χ0v) is 12.2. The molecule has 1 aromatic carbocycles. The van der Waals surface area contributed by atoms with Gasteiger partial charge in [0.1, 0.15) is 0 Å². The van der Waals surface area contributed by atoms with Gasteiger partial charge in [-0.15, -0.1) is 0 Å². The van der Waals surface area contributed by atoms with E-state index >= 15 is 0 Å². The van der Waals surface area contributed by atoms with E-state index in [0.717, 1.165) is 11.3 Å². The molecule has 2 rings (SSSR count). The number of urea groups is 1. The zero-order chi connectivity index (χ0) is 15.5. The van der Waals surface area contributed by atoms with Crippen molar-refractivity contribution in [3.05, 3.63) is 52.3 Å². The van der Waals surface area contributed by atoms with Gasteiger partial charge in [0.15, 0.2) is 5.82 Å². The Balaban J connectivity index is 2.13. The summed E-state index contributed by atoms with van der Waals surface area (Å²) in [6.07, 6.45) is 0. The highest BCUT2D eigenvalue weighted by atomic mass is 16.2. The van der Waals surface area contributed by atoms with Gasteiger partial charge in [0.2, 0.25) is 0 Å². The molecule has 6 heteroatoms. The summed E-state index contributed by atoms with van der Waals surface area (Å²) in [6.45, 7) is 6.23. The summed E-state index contributed by atoms with van der Waals surface area (Å²) in [5.74, 6) is 0.278. The predicted molar refractivity (Wildman–Crippen MR) is 82.6 cm³/mol. The van der Waals surface area contributed by atoms with Gasteiger partial charge >= 0.3 is 6.03 Å². The summed E-state index contributed by atoms with van der Waals surface area (Å²) < 4.78 is 0. The van der Waals surface area contributed by atoms with E-state index in [9.17, 15) is 9.59 Å². The van der Waals surface area contributed by atoms with Crippen LogP contribution in [0.5, 0.6) is 0 Å². The Labute approximate surface area is 122 Å². The van der Waals surface area contributed by atoms with Gasteiger partial charge in [-0.1, -0.05) is 39.0 Å². The van der Waals surface area contributed by atoms with Crippen molar-refractivity contribution in [3.8, 4) is 0 Å². The SMILES string of the molecule is CC(C)(C)c1ccccc1NC(=O)Nc1ccc(=O)[nH]n1. The lowest BCUT2D eigenvalue weighted by atomic mass is 9.86. The molecule has 110 valence electrons. The van der Waals surface area contributed by atoms with Crippen LogP contribution >= 0.6 is 0 Å². The Bertz CT molecular complexity index is 681. The molecule has 2 amide bonds. The number of carbonyl (C=O) groups excluding carboxylic acids is 1. The highest BCUT2D eigenvalue weighted by molar-refractivity contribution is 5.99. The topological polar surface area (TPSA) is 86.9 Å². The summed E-state index contributed by atoms with van der Waals surface area (Å²) >= 11 is 0. The van der Waals surface area contributed by atoms with Crippen molar-refractivity contribution in [3.63, 3.8) is 0 Å².